The smallest absolute Gasteiger partial charge is 0.217 e. The van der Waals surface area contributed by atoms with E-state index in [0.29, 0.717) is 12.5 Å². The minimum atomic E-state index is 0.404. The van der Waals surface area contributed by atoms with Crippen LogP contribution in [0.4, 0.5) is 0 Å². The third-order valence-electron chi connectivity index (χ3n) is 2.95. The molecule has 0 unspecified atom stereocenters. The molecule has 0 radical (unpaired) electrons. The van der Waals surface area contributed by atoms with Crippen molar-refractivity contribution in [3.63, 3.8) is 0 Å². The minimum Gasteiger partial charge on any atom is -0.497 e. The van der Waals surface area contributed by atoms with E-state index in [9.17, 15) is 0 Å². The molecule has 1 heterocycles. The van der Waals surface area contributed by atoms with Gasteiger partial charge in [0.25, 0.3) is 0 Å². The lowest BCUT2D eigenvalue weighted by Gasteiger charge is -2.12. The fourth-order valence-corrected chi connectivity index (χ4v) is 2.15. The van der Waals surface area contributed by atoms with Gasteiger partial charge in [0.15, 0.2) is 0 Å². The lowest BCUT2D eigenvalue weighted by Crippen LogP contribution is -2.02. The topological polar surface area (TPSA) is 40.6 Å². The van der Waals surface area contributed by atoms with Gasteiger partial charge in [0, 0.05) is 27.0 Å². The molecule has 106 valence electrons. The van der Waals surface area contributed by atoms with E-state index in [1.165, 1.54) is 0 Å². The van der Waals surface area contributed by atoms with E-state index in [2.05, 4.69) is 27.6 Å². The van der Waals surface area contributed by atoms with Gasteiger partial charge in [0.1, 0.15) is 18.1 Å². The predicted octanol–water partition coefficient (Wildman–Crippen LogP) is 3.59. The number of pyridine rings is 1. The van der Waals surface area contributed by atoms with E-state index in [0.717, 1.165) is 26.2 Å². The largest absolute Gasteiger partial charge is 0.497 e. The van der Waals surface area contributed by atoms with E-state index >= 15 is 0 Å². The van der Waals surface area contributed by atoms with Crippen molar-refractivity contribution < 1.29 is 14.2 Å². The van der Waals surface area contributed by atoms with Gasteiger partial charge in [0.2, 0.25) is 5.88 Å². The second kappa shape index (κ2) is 6.78. The second-order valence-corrected chi connectivity index (χ2v) is 5.35. The standard InChI is InChI=1S/C15H16INO3/c1-10-13(16)6-7-17-15(10)20-9-11-4-5-12(18-2)8-14(11)19-3/h4-8H,9H2,1-3H3. The average Bonchev–Trinajstić information content (AvgIpc) is 2.48. The van der Waals surface area contributed by atoms with Gasteiger partial charge in [-0.1, -0.05) is 0 Å². The molecular formula is C15H16INO3. The Kier molecular flexibility index (Phi) is 5.05. The molecule has 0 fully saturated rings. The highest BCUT2D eigenvalue weighted by Crippen LogP contribution is 2.26. The molecule has 2 aromatic rings. The lowest BCUT2D eigenvalue weighted by atomic mass is 10.2. The van der Waals surface area contributed by atoms with Crippen LogP contribution in [0.5, 0.6) is 17.4 Å². The number of halogens is 1. The Morgan fingerprint density at radius 1 is 1.15 bits per heavy atom. The van der Waals surface area contributed by atoms with Crippen LogP contribution < -0.4 is 14.2 Å². The summed E-state index contributed by atoms with van der Waals surface area (Å²) in [6.45, 7) is 2.40. The zero-order chi connectivity index (χ0) is 14.5. The summed E-state index contributed by atoms with van der Waals surface area (Å²) in [6, 6.07) is 7.61. The molecule has 20 heavy (non-hydrogen) atoms. The third kappa shape index (κ3) is 3.33. The first-order chi connectivity index (χ1) is 9.65. The zero-order valence-corrected chi connectivity index (χ0v) is 13.8. The predicted molar refractivity (Wildman–Crippen MR) is 85.6 cm³/mol. The van der Waals surface area contributed by atoms with Crippen LogP contribution in [0, 0.1) is 10.5 Å². The van der Waals surface area contributed by atoms with Crippen LogP contribution in [0.15, 0.2) is 30.5 Å². The normalized spacial score (nSPS) is 10.2. The summed E-state index contributed by atoms with van der Waals surface area (Å²) in [5.41, 5.74) is 1.99. The van der Waals surface area contributed by atoms with Gasteiger partial charge < -0.3 is 14.2 Å². The molecular weight excluding hydrogens is 369 g/mol. The number of methoxy groups -OCH3 is 2. The summed E-state index contributed by atoms with van der Waals surface area (Å²) in [7, 11) is 3.26. The molecule has 0 aliphatic heterocycles. The van der Waals surface area contributed by atoms with Gasteiger partial charge in [-0.3, -0.25) is 0 Å². The number of rotatable bonds is 5. The molecule has 0 aliphatic carbocycles. The van der Waals surface area contributed by atoms with Gasteiger partial charge in [-0.05, 0) is 47.7 Å². The van der Waals surface area contributed by atoms with E-state index in [4.69, 9.17) is 14.2 Å². The van der Waals surface area contributed by atoms with Gasteiger partial charge in [-0.2, -0.15) is 0 Å². The molecule has 0 amide bonds. The Hall–Kier alpha value is -1.50. The van der Waals surface area contributed by atoms with Crippen molar-refractivity contribution in [2.75, 3.05) is 14.2 Å². The highest BCUT2D eigenvalue weighted by molar-refractivity contribution is 14.1. The van der Waals surface area contributed by atoms with Crippen molar-refractivity contribution in [1.29, 1.82) is 0 Å². The Balaban J connectivity index is 2.16. The molecule has 0 saturated carbocycles. The molecule has 0 N–H and O–H groups in total. The number of hydrogen-bond acceptors (Lipinski definition) is 4. The van der Waals surface area contributed by atoms with Crippen LogP contribution in [0.1, 0.15) is 11.1 Å². The Labute approximate surface area is 132 Å². The number of ether oxygens (including phenoxy) is 3. The fraction of sp³-hybridized carbons (Fsp3) is 0.267. The first-order valence-electron chi connectivity index (χ1n) is 6.10. The van der Waals surface area contributed by atoms with Crippen LogP contribution in [0.2, 0.25) is 0 Å². The molecule has 0 aliphatic rings. The highest BCUT2D eigenvalue weighted by atomic mass is 127. The van der Waals surface area contributed by atoms with E-state index in [-0.39, 0.29) is 0 Å². The third-order valence-corrected chi connectivity index (χ3v) is 4.12. The van der Waals surface area contributed by atoms with E-state index in [1.54, 1.807) is 20.4 Å². The molecule has 5 heteroatoms. The van der Waals surface area contributed by atoms with Crippen LogP contribution in [-0.4, -0.2) is 19.2 Å². The van der Waals surface area contributed by atoms with Gasteiger partial charge in [-0.25, -0.2) is 4.98 Å². The van der Waals surface area contributed by atoms with Crippen molar-refractivity contribution in [2.24, 2.45) is 0 Å². The maximum Gasteiger partial charge on any atom is 0.217 e. The molecule has 2 rings (SSSR count). The summed E-state index contributed by atoms with van der Waals surface area (Å²) in [5, 5.41) is 0. The average molecular weight is 385 g/mol. The molecule has 0 atom stereocenters. The number of benzene rings is 1. The minimum absolute atomic E-state index is 0.404. The number of nitrogens with zero attached hydrogens (tertiary/aromatic N) is 1. The summed E-state index contributed by atoms with van der Waals surface area (Å²) in [5.74, 6) is 2.15. The van der Waals surface area contributed by atoms with Crippen LogP contribution in [0.25, 0.3) is 0 Å². The zero-order valence-electron chi connectivity index (χ0n) is 11.6. The molecule has 0 bridgehead atoms. The second-order valence-electron chi connectivity index (χ2n) is 4.19. The van der Waals surface area contributed by atoms with Crippen molar-refractivity contribution in [2.45, 2.75) is 13.5 Å². The Morgan fingerprint density at radius 2 is 1.95 bits per heavy atom. The summed E-state index contributed by atoms with van der Waals surface area (Å²) in [6.07, 6.45) is 1.75. The molecule has 0 saturated heterocycles. The summed E-state index contributed by atoms with van der Waals surface area (Å²) < 4.78 is 17.4. The molecule has 1 aromatic heterocycles. The number of hydrogen-bond donors (Lipinski definition) is 0. The van der Waals surface area contributed by atoms with E-state index < -0.39 is 0 Å². The first kappa shape index (κ1) is 14.9. The maximum atomic E-state index is 5.78. The molecule has 4 nitrogen and oxygen atoms in total. The van der Waals surface area contributed by atoms with Crippen LogP contribution in [-0.2, 0) is 6.61 Å². The van der Waals surface area contributed by atoms with Crippen molar-refractivity contribution in [1.82, 2.24) is 4.98 Å². The van der Waals surface area contributed by atoms with Crippen molar-refractivity contribution in [3.8, 4) is 17.4 Å². The summed E-state index contributed by atoms with van der Waals surface area (Å²) >= 11 is 2.27. The SMILES string of the molecule is COc1ccc(COc2nccc(I)c2C)c(OC)c1. The highest BCUT2D eigenvalue weighted by Gasteiger charge is 2.09. The Morgan fingerprint density at radius 3 is 2.65 bits per heavy atom. The fourth-order valence-electron chi connectivity index (χ4n) is 1.76. The van der Waals surface area contributed by atoms with Crippen LogP contribution in [0.3, 0.4) is 0 Å². The van der Waals surface area contributed by atoms with Gasteiger partial charge in [-0.15, -0.1) is 0 Å². The van der Waals surface area contributed by atoms with E-state index in [1.807, 2.05) is 31.2 Å². The quantitative estimate of drug-likeness (QED) is 0.738. The molecule has 0 spiro atoms. The van der Waals surface area contributed by atoms with Crippen LogP contribution >= 0.6 is 22.6 Å². The maximum absolute atomic E-state index is 5.78. The monoisotopic (exact) mass is 385 g/mol. The van der Waals surface area contributed by atoms with Crippen molar-refractivity contribution in [3.05, 3.63) is 45.2 Å². The molecule has 1 aromatic carbocycles. The summed E-state index contributed by atoms with van der Waals surface area (Å²) in [4.78, 5) is 4.25. The van der Waals surface area contributed by atoms with Crippen molar-refractivity contribution >= 4 is 22.6 Å². The van der Waals surface area contributed by atoms with Gasteiger partial charge >= 0.3 is 0 Å². The first-order valence-corrected chi connectivity index (χ1v) is 7.18. The Bertz CT molecular complexity index is 602. The lowest BCUT2D eigenvalue weighted by molar-refractivity contribution is 0.283. The van der Waals surface area contributed by atoms with Gasteiger partial charge in [0.05, 0.1) is 14.2 Å². The number of aromatic nitrogens is 1.